The Bertz CT molecular complexity index is 604. The van der Waals surface area contributed by atoms with Crippen LogP contribution in [-0.4, -0.2) is 28.4 Å². The van der Waals surface area contributed by atoms with Gasteiger partial charge in [0.15, 0.2) is 0 Å². The van der Waals surface area contributed by atoms with E-state index in [1.807, 2.05) is 30.3 Å². The van der Waals surface area contributed by atoms with E-state index in [1.54, 1.807) is 25.3 Å². The molecule has 0 aliphatic rings. The molecule has 102 valence electrons. The van der Waals surface area contributed by atoms with Crippen LogP contribution in [0.5, 0.6) is 5.88 Å². The van der Waals surface area contributed by atoms with E-state index in [0.29, 0.717) is 5.88 Å². The Kier molecular flexibility index (Phi) is 4.44. The summed E-state index contributed by atoms with van der Waals surface area (Å²) in [6.07, 6.45) is 3.41. The van der Waals surface area contributed by atoms with Crippen LogP contribution in [0.1, 0.15) is 12.0 Å². The first kappa shape index (κ1) is 13.7. The Morgan fingerprint density at radius 3 is 2.50 bits per heavy atom. The van der Waals surface area contributed by atoms with Gasteiger partial charge in [0.05, 0.1) is 19.2 Å². The lowest BCUT2D eigenvalue weighted by Gasteiger charge is -2.02. The number of aromatic nitrogens is 2. The van der Waals surface area contributed by atoms with Gasteiger partial charge in [-0.1, -0.05) is 36.4 Å². The number of carbonyl (C=O) groups is 1. The van der Waals surface area contributed by atoms with Crippen molar-refractivity contribution in [1.29, 1.82) is 0 Å². The highest BCUT2D eigenvalue weighted by atomic mass is 16.5. The standard InChI is InChI=1S/C15H14N2O3/c1-20-14-10-9-13(16-17-14)12-7-5-11(6-8-12)3-2-4-15(18)19/h2-3,5-10H,4H2,1H3,(H,18,19). The SMILES string of the molecule is COc1ccc(-c2ccc(C=CCC(=O)O)cc2)nn1. The highest BCUT2D eigenvalue weighted by Crippen LogP contribution is 2.18. The molecule has 1 aromatic heterocycles. The van der Waals surface area contributed by atoms with Gasteiger partial charge in [0.25, 0.3) is 0 Å². The lowest BCUT2D eigenvalue weighted by atomic mass is 10.1. The number of benzene rings is 1. The summed E-state index contributed by atoms with van der Waals surface area (Å²) in [7, 11) is 1.54. The predicted molar refractivity (Wildman–Crippen MR) is 75.3 cm³/mol. The average Bonchev–Trinajstić information content (AvgIpc) is 2.48. The fourth-order valence-corrected chi connectivity index (χ4v) is 1.64. The maximum atomic E-state index is 10.4. The van der Waals surface area contributed by atoms with Crippen molar-refractivity contribution in [2.45, 2.75) is 6.42 Å². The van der Waals surface area contributed by atoms with Crippen molar-refractivity contribution in [1.82, 2.24) is 10.2 Å². The lowest BCUT2D eigenvalue weighted by Crippen LogP contribution is -1.92. The van der Waals surface area contributed by atoms with Crippen molar-refractivity contribution in [2.24, 2.45) is 0 Å². The minimum absolute atomic E-state index is 0.0196. The summed E-state index contributed by atoms with van der Waals surface area (Å²) in [5, 5.41) is 16.5. The Morgan fingerprint density at radius 1 is 1.20 bits per heavy atom. The summed E-state index contributed by atoms with van der Waals surface area (Å²) >= 11 is 0. The van der Waals surface area contributed by atoms with Gasteiger partial charge in [-0.25, -0.2) is 0 Å². The van der Waals surface area contributed by atoms with E-state index in [1.165, 1.54) is 0 Å². The first-order chi connectivity index (χ1) is 9.69. The molecule has 20 heavy (non-hydrogen) atoms. The van der Waals surface area contributed by atoms with Crippen molar-refractivity contribution < 1.29 is 14.6 Å². The Hall–Kier alpha value is -2.69. The van der Waals surface area contributed by atoms with Gasteiger partial charge in [0, 0.05) is 11.6 Å². The molecule has 0 bridgehead atoms. The maximum Gasteiger partial charge on any atom is 0.307 e. The van der Waals surface area contributed by atoms with E-state index in [9.17, 15) is 4.79 Å². The van der Waals surface area contributed by atoms with Crippen LogP contribution in [0.4, 0.5) is 0 Å². The van der Waals surface area contributed by atoms with Crippen molar-refractivity contribution in [2.75, 3.05) is 7.11 Å². The van der Waals surface area contributed by atoms with Gasteiger partial charge in [-0.3, -0.25) is 4.79 Å². The smallest absolute Gasteiger partial charge is 0.307 e. The van der Waals surface area contributed by atoms with Crippen LogP contribution in [-0.2, 0) is 4.79 Å². The second-order valence-corrected chi connectivity index (χ2v) is 4.08. The summed E-state index contributed by atoms with van der Waals surface area (Å²) < 4.78 is 4.96. The molecule has 0 unspecified atom stereocenters. The summed E-state index contributed by atoms with van der Waals surface area (Å²) in [5.41, 5.74) is 2.64. The van der Waals surface area contributed by atoms with Gasteiger partial charge in [-0.05, 0) is 11.6 Å². The van der Waals surface area contributed by atoms with Crippen LogP contribution in [0.25, 0.3) is 17.3 Å². The molecule has 0 saturated heterocycles. The molecule has 5 nitrogen and oxygen atoms in total. The predicted octanol–water partition coefficient (Wildman–Crippen LogP) is 2.64. The number of hydrogen-bond acceptors (Lipinski definition) is 4. The molecule has 2 aromatic rings. The maximum absolute atomic E-state index is 10.4. The van der Waals surface area contributed by atoms with Crippen LogP contribution >= 0.6 is 0 Å². The monoisotopic (exact) mass is 270 g/mol. The number of carboxylic acid groups (broad SMARTS) is 1. The van der Waals surface area contributed by atoms with Gasteiger partial charge in [-0.15, -0.1) is 10.2 Å². The van der Waals surface area contributed by atoms with Crippen molar-refractivity contribution >= 4 is 12.0 Å². The fraction of sp³-hybridized carbons (Fsp3) is 0.133. The molecule has 0 saturated carbocycles. The van der Waals surface area contributed by atoms with Crippen molar-refractivity contribution in [3.8, 4) is 17.1 Å². The molecular formula is C15H14N2O3. The third kappa shape index (κ3) is 3.65. The Morgan fingerprint density at radius 2 is 1.95 bits per heavy atom. The van der Waals surface area contributed by atoms with E-state index in [2.05, 4.69) is 10.2 Å². The third-order valence-electron chi connectivity index (χ3n) is 2.66. The van der Waals surface area contributed by atoms with Gasteiger partial charge < -0.3 is 9.84 Å². The molecule has 2 rings (SSSR count). The fourth-order valence-electron chi connectivity index (χ4n) is 1.64. The zero-order valence-corrected chi connectivity index (χ0v) is 11.0. The molecular weight excluding hydrogens is 256 g/mol. The number of ether oxygens (including phenoxy) is 1. The number of methoxy groups -OCH3 is 1. The Balaban J connectivity index is 2.10. The summed E-state index contributed by atoms with van der Waals surface area (Å²) in [5.74, 6) is -0.367. The first-order valence-electron chi connectivity index (χ1n) is 6.05. The van der Waals surface area contributed by atoms with E-state index < -0.39 is 5.97 Å². The zero-order chi connectivity index (χ0) is 14.4. The number of rotatable bonds is 5. The summed E-state index contributed by atoms with van der Waals surface area (Å²) in [4.78, 5) is 10.4. The molecule has 1 heterocycles. The molecule has 0 fully saturated rings. The number of nitrogens with zero attached hydrogens (tertiary/aromatic N) is 2. The molecule has 0 amide bonds. The summed E-state index contributed by atoms with van der Waals surface area (Å²) in [6, 6.07) is 11.2. The van der Waals surface area contributed by atoms with E-state index in [0.717, 1.165) is 16.8 Å². The minimum Gasteiger partial charge on any atom is -0.481 e. The van der Waals surface area contributed by atoms with E-state index in [4.69, 9.17) is 9.84 Å². The molecule has 1 aromatic carbocycles. The highest BCUT2D eigenvalue weighted by Gasteiger charge is 2.01. The van der Waals surface area contributed by atoms with Gasteiger partial charge in [0.2, 0.25) is 5.88 Å². The molecule has 0 radical (unpaired) electrons. The largest absolute Gasteiger partial charge is 0.481 e. The molecule has 0 spiro atoms. The average molecular weight is 270 g/mol. The number of hydrogen-bond donors (Lipinski definition) is 1. The zero-order valence-electron chi connectivity index (χ0n) is 11.0. The second kappa shape index (κ2) is 6.47. The summed E-state index contributed by atoms with van der Waals surface area (Å²) in [6.45, 7) is 0. The van der Waals surface area contributed by atoms with Gasteiger partial charge in [0.1, 0.15) is 0 Å². The minimum atomic E-state index is -0.841. The van der Waals surface area contributed by atoms with Gasteiger partial charge in [-0.2, -0.15) is 0 Å². The van der Waals surface area contributed by atoms with Crippen LogP contribution in [0, 0.1) is 0 Å². The molecule has 0 atom stereocenters. The molecule has 0 aliphatic heterocycles. The Labute approximate surface area is 116 Å². The number of carboxylic acids is 1. The quantitative estimate of drug-likeness (QED) is 0.904. The van der Waals surface area contributed by atoms with E-state index in [-0.39, 0.29) is 6.42 Å². The molecule has 1 N–H and O–H groups in total. The second-order valence-electron chi connectivity index (χ2n) is 4.08. The van der Waals surface area contributed by atoms with E-state index >= 15 is 0 Å². The van der Waals surface area contributed by atoms with Crippen LogP contribution in [0.3, 0.4) is 0 Å². The molecule has 5 heteroatoms. The van der Waals surface area contributed by atoms with Gasteiger partial charge >= 0.3 is 5.97 Å². The lowest BCUT2D eigenvalue weighted by molar-refractivity contribution is -0.135. The van der Waals surface area contributed by atoms with Crippen LogP contribution in [0.2, 0.25) is 0 Å². The topological polar surface area (TPSA) is 72.3 Å². The normalized spacial score (nSPS) is 10.7. The van der Waals surface area contributed by atoms with Crippen molar-refractivity contribution in [3.05, 3.63) is 48.0 Å². The third-order valence-corrected chi connectivity index (χ3v) is 2.66. The highest BCUT2D eigenvalue weighted by molar-refractivity contribution is 5.70. The number of aliphatic carboxylic acids is 1. The van der Waals surface area contributed by atoms with Crippen molar-refractivity contribution in [3.63, 3.8) is 0 Å². The first-order valence-corrected chi connectivity index (χ1v) is 6.05. The van der Waals surface area contributed by atoms with Crippen LogP contribution < -0.4 is 4.74 Å². The molecule has 0 aliphatic carbocycles. The van der Waals surface area contributed by atoms with Crippen LogP contribution in [0.15, 0.2) is 42.5 Å².